The van der Waals surface area contributed by atoms with E-state index in [9.17, 15) is 21.6 Å². The van der Waals surface area contributed by atoms with Gasteiger partial charge in [-0.05, 0) is 18.2 Å². The molecule has 1 aliphatic heterocycles. The van der Waals surface area contributed by atoms with E-state index in [1.807, 2.05) is 0 Å². The summed E-state index contributed by atoms with van der Waals surface area (Å²) in [5, 5.41) is -0.302. The first-order valence-electron chi connectivity index (χ1n) is 5.36. The van der Waals surface area contributed by atoms with Crippen molar-refractivity contribution in [2.24, 2.45) is 0 Å². The quantitative estimate of drug-likeness (QED) is 0.623. The summed E-state index contributed by atoms with van der Waals surface area (Å²) in [6.45, 7) is -0.302. The van der Waals surface area contributed by atoms with Crippen molar-refractivity contribution < 1.29 is 35.2 Å². The van der Waals surface area contributed by atoms with E-state index in [-0.39, 0.29) is 28.7 Å². The molecule has 0 radical (unpaired) electrons. The van der Waals surface area contributed by atoms with Crippen LogP contribution in [0.3, 0.4) is 0 Å². The molecule has 1 aromatic rings. The van der Waals surface area contributed by atoms with Gasteiger partial charge < -0.3 is 13.7 Å². The van der Waals surface area contributed by atoms with Crippen LogP contribution in [0.4, 0.5) is 13.2 Å². The largest absolute Gasteiger partial charge is 0.534 e. The zero-order chi connectivity index (χ0) is 15.8. The molecule has 0 spiro atoms. The van der Waals surface area contributed by atoms with Crippen molar-refractivity contribution in [2.75, 3.05) is 13.7 Å². The Morgan fingerprint density at radius 1 is 1.33 bits per heavy atom. The van der Waals surface area contributed by atoms with Crippen LogP contribution in [0.2, 0.25) is 0 Å². The fraction of sp³-hybridized carbons (Fsp3) is 0.273. The van der Waals surface area contributed by atoms with E-state index in [1.165, 1.54) is 25.3 Å². The standard InChI is InChI=1S/C11H8ClF3O5S/c1-18-6-2-3-9-7(4-6)10(8(12)5-19-9)20-21(16,17)11(13,14)15/h2-4H,5H2,1H3. The van der Waals surface area contributed by atoms with Crippen LogP contribution in [0.25, 0.3) is 5.76 Å². The molecule has 0 unspecified atom stereocenters. The van der Waals surface area contributed by atoms with Crippen molar-refractivity contribution in [3.05, 3.63) is 28.8 Å². The molecule has 0 fully saturated rings. The van der Waals surface area contributed by atoms with Gasteiger partial charge in [0.05, 0.1) is 17.7 Å². The predicted molar refractivity (Wildman–Crippen MR) is 67.3 cm³/mol. The van der Waals surface area contributed by atoms with Gasteiger partial charge in [-0.1, -0.05) is 11.6 Å². The molecule has 0 atom stereocenters. The summed E-state index contributed by atoms with van der Waals surface area (Å²) in [4.78, 5) is 0. The summed E-state index contributed by atoms with van der Waals surface area (Å²) in [6, 6.07) is 4.16. The first-order chi connectivity index (χ1) is 9.65. The average Bonchev–Trinajstić information content (AvgIpc) is 2.40. The van der Waals surface area contributed by atoms with E-state index in [0.717, 1.165) is 0 Å². The number of ether oxygens (including phenoxy) is 2. The Morgan fingerprint density at radius 3 is 2.57 bits per heavy atom. The number of alkyl halides is 3. The summed E-state index contributed by atoms with van der Waals surface area (Å²) in [7, 11) is -4.49. The van der Waals surface area contributed by atoms with Gasteiger partial charge in [0.25, 0.3) is 0 Å². The molecule has 0 aliphatic carbocycles. The topological polar surface area (TPSA) is 61.8 Å². The molecular weight excluding hydrogens is 337 g/mol. The van der Waals surface area contributed by atoms with Gasteiger partial charge in [0.1, 0.15) is 18.1 Å². The molecule has 1 heterocycles. The number of rotatable bonds is 3. The van der Waals surface area contributed by atoms with Crippen LogP contribution in [0.1, 0.15) is 5.56 Å². The van der Waals surface area contributed by atoms with Gasteiger partial charge >= 0.3 is 15.6 Å². The van der Waals surface area contributed by atoms with Gasteiger partial charge in [-0.15, -0.1) is 0 Å². The molecule has 10 heteroatoms. The first-order valence-corrected chi connectivity index (χ1v) is 7.15. The molecule has 5 nitrogen and oxygen atoms in total. The Balaban J connectivity index is 2.49. The molecule has 116 valence electrons. The van der Waals surface area contributed by atoms with E-state index in [2.05, 4.69) is 4.18 Å². The van der Waals surface area contributed by atoms with Crippen LogP contribution < -0.4 is 9.47 Å². The summed E-state index contributed by atoms with van der Waals surface area (Å²) < 4.78 is 73.7. The molecule has 1 aromatic carbocycles. The second-order valence-electron chi connectivity index (χ2n) is 3.87. The van der Waals surface area contributed by atoms with Crippen molar-refractivity contribution >= 4 is 27.5 Å². The number of hydrogen-bond donors (Lipinski definition) is 0. The maximum Gasteiger partial charge on any atom is 0.534 e. The fourth-order valence-corrected chi connectivity index (χ4v) is 2.28. The predicted octanol–water partition coefficient (Wildman–Crippen LogP) is 2.86. The minimum Gasteiger partial charge on any atom is -0.497 e. The van der Waals surface area contributed by atoms with E-state index in [1.54, 1.807) is 0 Å². The molecular formula is C11H8ClF3O5S. The Kier molecular flexibility index (Phi) is 3.98. The molecule has 0 N–H and O–H groups in total. The second kappa shape index (κ2) is 5.30. The normalized spacial score (nSPS) is 15.3. The van der Waals surface area contributed by atoms with E-state index in [0.29, 0.717) is 0 Å². The van der Waals surface area contributed by atoms with Crippen LogP contribution in [-0.2, 0) is 14.3 Å². The van der Waals surface area contributed by atoms with E-state index >= 15 is 0 Å². The highest BCUT2D eigenvalue weighted by molar-refractivity contribution is 7.87. The molecule has 2 rings (SSSR count). The fourth-order valence-electron chi connectivity index (χ4n) is 1.54. The van der Waals surface area contributed by atoms with Crippen molar-refractivity contribution in [3.8, 4) is 11.5 Å². The van der Waals surface area contributed by atoms with Crippen LogP contribution in [0.5, 0.6) is 11.5 Å². The van der Waals surface area contributed by atoms with Crippen molar-refractivity contribution in [2.45, 2.75) is 5.51 Å². The Labute approximate surface area is 123 Å². The van der Waals surface area contributed by atoms with E-state index in [4.69, 9.17) is 21.1 Å². The highest BCUT2D eigenvalue weighted by Crippen LogP contribution is 2.40. The zero-order valence-electron chi connectivity index (χ0n) is 10.4. The highest BCUT2D eigenvalue weighted by atomic mass is 35.5. The third-order valence-corrected chi connectivity index (χ3v) is 3.74. The van der Waals surface area contributed by atoms with Crippen LogP contribution >= 0.6 is 11.6 Å². The summed E-state index contributed by atoms with van der Waals surface area (Å²) in [5.74, 6) is -0.226. The lowest BCUT2D eigenvalue weighted by atomic mass is 10.1. The average molecular weight is 345 g/mol. The Hall–Kier alpha value is -1.61. The van der Waals surface area contributed by atoms with Gasteiger partial charge in [-0.3, -0.25) is 0 Å². The van der Waals surface area contributed by atoms with Crippen LogP contribution in [-0.4, -0.2) is 27.6 Å². The lowest BCUT2D eigenvalue weighted by molar-refractivity contribution is -0.0509. The maximum absolute atomic E-state index is 12.4. The summed E-state index contributed by atoms with van der Waals surface area (Å²) in [5.41, 5.74) is -5.60. The van der Waals surface area contributed by atoms with Crippen molar-refractivity contribution in [1.82, 2.24) is 0 Å². The zero-order valence-corrected chi connectivity index (χ0v) is 12.0. The second-order valence-corrected chi connectivity index (χ2v) is 5.86. The Morgan fingerprint density at radius 2 is 2.00 bits per heavy atom. The molecule has 1 aliphatic rings. The van der Waals surface area contributed by atoms with Crippen molar-refractivity contribution in [1.29, 1.82) is 0 Å². The van der Waals surface area contributed by atoms with Crippen LogP contribution in [0.15, 0.2) is 23.2 Å². The third kappa shape index (κ3) is 3.03. The first kappa shape index (κ1) is 15.8. The van der Waals surface area contributed by atoms with Crippen LogP contribution in [0, 0.1) is 0 Å². The number of hydrogen-bond acceptors (Lipinski definition) is 5. The Bertz CT molecular complexity index is 696. The summed E-state index contributed by atoms with van der Waals surface area (Å²) >= 11 is 5.72. The number of benzene rings is 1. The van der Waals surface area contributed by atoms with Gasteiger partial charge in [0, 0.05) is 0 Å². The number of methoxy groups -OCH3 is 1. The minimum atomic E-state index is -5.83. The number of halogens is 4. The van der Waals surface area contributed by atoms with Gasteiger partial charge in [-0.25, -0.2) is 0 Å². The smallest absolute Gasteiger partial charge is 0.497 e. The van der Waals surface area contributed by atoms with Crippen molar-refractivity contribution in [3.63, 3.8) is 0 Å². The molecule has 0 aromatic heterocycles. The lowest BCUT2D eigenvalue weighted by Crippen LogP contribution is -2.26. The molecule has 0 bridgehead atoms. The molecule has 0 saturated heterocycles. The van der Waals surface area contributed by atoms with Gasteiger partial charge in [-0.2, -0.15) is 21.6 Å². The monoisotopic (exact) mass is 344 g/mol. The molecule has 0 saturated carbocycles. The highest BCUT2D eigenvalue weighted by Gasteiger charge is 2.49. The third-order valence-electron chi connectivity index (χ3n) is 2.51. The maximum atomic E-state index is 12.4. The minimum absolute atomic E-state index is 0.0431. The van der Waals surface area contributed by atoms with E-state index < -0.39 is 21.4 Å². The lowest BCUT2D eigenvalue weighted by Gasteiger charge is -2.21. The molecule has 21 heavy (non-hydrogen) atoms. The SMILES string of the molecule is COc1ccc2c(c1)C(OS(=O)(=O)C(F)(F)F)=C(Cl)CO2. The molecule has 0 amide bonds. The van der Waals surface area contributed by atoms with Gasteiger partial charge in [0.2, 0.25) is 0 Å². The number of fused-ring (bicyclic) bond motifs is 1. The summed E-state index contributed by atoms with van der Waals surface area (Å²) in [6.07, 6.45) is 0. The van der Waals surface area contributed by atoms with Gasteiger partial charge in [0.15, 0.2) is 5.76 Å².